The monoisotopic (exact) mass is 445 g/mol. The lowest BCUT2D eigenvalue weighted by molar-refractivity contribution is 0.506. The summed E-state index contributed by atoms with van der Waals surface area (Å²) in [6, 6.07) is 8.21. The Kier molecular flexibility index (Phi) is 7.94. The highest BCUT2D eigenvalue weighted by atomic mass is 127. The van der Waals surface area contributed by atoms with E-state index in [-0.39, 0.29) is 24.0 Å². The van der Waals surface area contributed by atoms with E-state index in [0.29, 0.717) is 0 Å². The average molecular weight is 445 g/mol. The summed E-state index contributed by atoms with van der Waals surface area (Å²) in [5, 5.41) is 8.96. The van der Waals surface area contributed by atoms with Crippen molar-refractivity contribution in [3.63, 3.8) is 0 Å². The first kappa shape index (κ1) is 18.3. The normalized spacial score (nSPS) is 14.3. The summed E-state index contributed by atoms with van der Waals surface area (Å²) >= 11 is 1.81. The van der Waals surface area contributed by atoms with Gasteiger partial charge in [-0.15, -0.1) is 35.3 Å². The zero-order valence-corrected chi connectivity index (χ0v) is 16.3. The summed E-state index contributed by atoms with van der Waals surface area (Å²) < 4.78 is 5.35. The Labute approximate surface area is 158 Å². The van der Waals surface area contributed by atoms with Crippen molar-refractivity contribution in [1.82, 2.24) is 10.6 Å². The van der Waals surface area contributed by atoms with Gasteiger partial charge in [-0.2, -0.15) is 0 Å². The van der Waals surface area contributed by atoms with E-state index < -0.39 is 0 Å². The van der Waals surface area contributed by atoms with Crippen LogP contribution in [0.2, 0.25) is 0 Å². The summed E-state index contributed by atoms with van der Waals surface area (Å²) in [6.07, 6.45) is 6.30. The number of rotatable bonds is 8. The Bertz CT molecular complexity index is 522. The number of aliphatic imine (C=N–C) groups is 1. The van der Waals surface area contributed by atoms with Crippen molar-refractivity contribution in [2.24, 2.45) is 10.9 Å². The molecule has 2 aromatic heterocycles. The molecule has 1 saturated carbocycles. The molecular formula is C17H24IN3OS. The van der Waals surface area contributed by atoms with Crippen LogP contribution in [0.5, 0.6) is 0 Å². The quantitative estimate of drug-likeness (QED) is 0.370. The summed E-state index contributed by atoms with van der Waals surface area (Å²) in [4.78, 5) is 6.10. The molecule has 0 aromatic carbocycles. The topological polar surface area (TPSA) is 49.6 Å². The molecule has 2 N–H and O–H groups in total. The average Bonchev–Trinajstić information content (AvgIpc) is 3.00. The maximum atomic E-state index is 5.35. The van der Waals surface area contributed by atoms with Crippen LogP contribution in [-0.4, -0.2) is 25.6 Å². The minimum Gasteiger partial charge on any atom is -0.469 e. The summed E-state index contributed by atoms with van der Waals surface area (Å²) in [6.45, 7) is 2.69. The van der Waals surface area contributed by atoms with E-state index in [9.17, 15) is 0 Å². The standard InChI is InChI=1S/C17H23N3OS.HI/c1-3-15(21-11-1)7-9-18-17(20-13-14-5-6-14)19-10-8-16-4-2-12-22-16;/h1-4,11-12,14H,5-10,13H2,(H2,18,19,20);1H. The molecule has 23 heavy (non-hydrogen) atoms. The number of nitrogens with one attached hydrogen (secondary N) is 2. The van der Waals surface area contributed by atoms with E-state index in [2.05, 4.69) is 28.1 Å². The Morgan fingerprint density at radius 1 is 1.17 bits per heavy atom. The molecule has 3 rings (SSSR count). The molecule has 0 saturated heterocycles. The number of halogens is 1. The maximum absolute atomic E-state index is 5.35. The molecule has 1 aliphatic carbocycles. The molecule has 0 aliphatic heterocycles. The molecule has 0 spiro atoms. The molecular weight excluding hydrogens is 421 g/mol. The largest absolute Gasteiger partial charge is 0.469 e. The van der Waals surface area contributed by atoms with E-state index in [1.807, 2.05) is 12.1 Å². The Balaban J connectivity index is 0.00000192. The zero-order chi connectivity index (χ0) is 15.0. The Hall–Kier alpha value is -1.02. The molecule has 0 unspecified atom stereocenters. The van der Waals surface area contributed by atoms with Gasteiger partial charge in [0.1, 0.15) is 5.76 Å². The van der Waals surface area contributed by atoms with Crippen LogP contribution in [0.15, 0.2) is 45.3 Å². The van der Waals surface area contributed by atoms with Gasteiger partial charge in [0.05, 0.1) is 6.26 Å². The maximum Gasteiger partial charge on any atom is 0.191 e. The van der Waals surface area contributed by atoms with Gasteiger partial charge in [0, 0.05) is 30.9 Å². The lowest BCUT2D eigenvalue weighted by atomic mass is 10.3. The van der Waals surface area contributed by atoms with Crippen LogP contribution >= 0.6 is 35.3 Å². The molecule has 0 amide bonds. The molecule has 1 fully saturated rings. The third-order valence-corrected chi connectivity index (χ3v) is 4.63. The number of hydrogen-bond acceptors (Lipinski definition) is 3. The molecule has 126 valence electrons. The first-order valence-electron chi connectivity index (χ1n) is 7.97. The van der Waals surface area contributed by atoms with E-state index in [1.54, 1.807) is 17.6 Å². The van der Waals surface area contributed by atoms with Crippen LogP contribution in [0.4, 0.5) is 0 Å². The third-order valence-electron chi connectivity index (χ3n) is 3.69. The van der Waals surface area contributed by atoms with Crippen molar-refractivity contribution in [1.29, 1.82) is 0 Å². The third kappa shape index (κ3) is 6.95. The number of nitrogens with zero attached hydrogens (tertiary/aromatic N) is 1. The summed E-state index contributed by atoms with van der Waals surface area (Å²) in [7, 11) is 0. The number of furan rings is 1. The van der Waals surface area contributed by atoms with Crippen molar-refractivity contribution in [2.75, 3.05) is 19.6 Å². The molecule has 2 heterocycles. The minimum absolute atomic E-state index is 0. The molecule has 0 atom stereocenters. The second-order valence-electron chi connectivity index (χ2n) is 5.64. The molecule has 2 aromatic rings. The second kappa shape index (κ2) is 9.97. The van der Waals surface area contributed by atoms with Gasteiger partial charge in [-0.05, 0) is 48.8 Å². The molecule has 6 heteroatoms. The SMILES string of the molecule is I.c1coc(CCNC(=NCC2CC2)NCCc2cccs2)c1. The van der Waals surface area contributed by atoms with Crippen molar-refractivity contribution < 1.29 is 4.42 Å². The number of thiophene rings is 1. The van der Waals surface area contributed by atoms with Crippen LogP contribution in [0.3, 0.4) is 0 Å². The van der Waals surface area contributed by atoms with E-state index in [4.69, 9.17) is 9.41 Å². The Morgan fingerprint density at radius 2 is 2.00 bits per heavy atom. The molecule has 0 radical (unpaired) electrons. The highest BCUT2D eigenvalue weighted by Gasteiger charge is 2.20. The van der Waals surface area contributed by atoms with Gasteiger partial charge in [-0.1, -0.05) is 6.07 Å². The van der Waals surface area contributed by atoms with Gasteiger partial charge in [0.25, 0.3) is 0 Å². The molecule has 0 bridgehead atoms. The lowest BCUT2D eigenvalue weighted by Crippen LogP contribution is -2.39. The number of hydrogen-bond donors (Lipinski definition) is 2. The fourth-order valence-corrected chi connectivity index (χ4v) is 2.92. The summed E-state index contributed by atoms with van der Waals surface area (Å²) in [5.74, 6) is 2.74. The predicted octanol–water partition coefficient (Wildman–Crippen LogP) is 3.69. The van der Waals surface area contributed by atoms with Crippen molar-refractivity contribution in [3.05, 3.63) is 46.5 Å². The lowest BCUT2D eigenvalue weighted by Gasteiger charge is -2.12. The van der Waals surface area contributed by atoms with Crippen molar-refractivity contribution in [3.8, 4) is 0 Å². The van der Waals surface area contributed by atoms with Crippen LogP contribution in [0.25, 0.3) is 0 Å². The van der Waals surface area contributed by atoms with E-state index in [1.165, 1.54) is 17.7 Å². The first-order valence-corrected chi connectivity index (χ1v) is 8.85. The fraction of sp³-hybridized carbons (Fsp3) is 0.471. The second-order valence-corrected chi connectivity index (χ2v) is 6.68. The van der Waals surface area contributed by atoms with Crippen LogP contribution in [-0.2, 0) is 12.8 Å². The Morgan fingerprint density at radius 3 is 2.65 bits per heavy atom. The smallest absolute Gasteiger partial charge is 0.191 e. The van der Waals surface area contributed by atoms with Gasteiger partial charge in [0.15, 0.2) is 5.96 Å². The highest BCUT2D eigenvalue weighted by Crippen LogP contribution is 2.28. The van der Waals surface area contributed by atoms with E-state index in [0.717, 1.165) is 50.1 Å². The van der Waals surface area contributed by atoms with Crippen LogP contribution in [0.1, 0.15) is 23.5 Å². The molecule has 4 nitrogen and oxygen atoms in total. The molecule has 1 aliphatic rings. The van der Waals surface area contributed by atoms with Gasteiger partial charge < -0.3 is 15.1 Å². The highest BCUT2D eigenvalue weighted by molar-refractivity contribution is 14.0. The van der Waals surface area contributed by atoms with E-state index >= 15 is 0 Å². The van der Waals surface area contributed by atoms with Crippen molar-refractivity contribution >= 4 is 41.3 Å². The van der Waals surface area contributed by atoms with Gasteiger partial charge in [-0.25, -0.2) is 0 Å². The summed E-state index contributed by atoms with van der Waals surface area (Å²) in [5.41, 5.74) is 0. The van der Waals surface area contributed by atoms with Gasteiger partial charge >= 0.3 is 0 Å². The first-order chi connectivity index (χ1) is 10.9. The number of guanidine groups is 1. The zero-order valence-electron chi connectivity index (χ0n) is 13.2. The fourth-order valence-electron chi connectivity index (χ4n) is 2.21. The minimum atomic E-state index is 0. The predicted molar refractivity (Wildman–Crippen MR) is 107 cm³/mol. The van der Waals surface area contributed by atoms with Gasteiger partial charge in [-0.3, -0.25) is 4.99 Å². The van der Waals surface area contributed by atoms with Crippen molar-refractivity contribution in [2.45, 2.75) is 25.7 Å². The van der Waals surface area contributed by atoms with Gasteiger partial charge in [0.2, 0.25) is 0 Å². The van der Waals surface area contributed by atoms with Crippen LogP contribution < -0.4 is 10.6 Å². The van der Waals surface area contributed by atoms with Crippen LogP contribution in [0, 0.1) is 5.92 Å².